The van der Waals surface area contributed by atoms with Crippen molar-refractivity contribution in [3.05, 3.63) is 77.7 Å². The summed E-state index contributed by atoms with van der Waals surface area (Å²) >= 11 is 0. The molecule has 4 aromatic rings. The van der Waals surface area contributed by atoms with Crippen LogP contribution in [0.2, 0.25) is 0 Å². The third-order valence-electron chi connectivity index (χ3n) is 4.49. The van der Waals surface area contributed by atoms with E-state index in [-0.39, 0.29) is 11.6 Å². The fraction of sp³-hybridized carbons (Fsp3) is 0.143. The first-order chi connectivity index (χ1) is 13.6. The molecule has 0 saturated carbocycles. The average Bonchev–Trinajstić information content (AvgIpc) is 3.02. The number of carbonyl (C=O) groups is 1. The molecule has 0 radical (unpaired) electrons. The summed E-state index contributed by atoms with van der Waals surface area (Å²) in [6, 6.07) is 18.8. The van der Waals surface area contributed by atoms with Gasteiger partial charge in [-0.1, -0.05) is 24.3 Å². The number of aryl methyl sites for hydroxylation is 2. The highest BCUT2D eigenvalue weighted by Crippen LogP contribution is 2.17. The smallest absolute Gasteiger partial charge is 0.276 e. The van der Waals surface area contributed by atoms with Crippen molar-refractivity contribution in [2.75, 3.05) is 10.6 Å². The van der Waals surface area contributed by atoms with Crippen molar-refractivity contribution in [2.24, 2.45) is 7.05 Å². The number of amides is 1. The van der Waals surface area contributed by atoms with Gasteiger partial charge in [-0.2, -0.15) is 0 Å². The molecule has 4 rings (SSSR count). The van der Waals surface area contributed by atoms with Gasteiger partial charge in [0.1, 0.15) is 11.6 Å². The van der Waals surface area contributed by atoms with Gasteiger partial charge in [-0.25, -0.2) is 4.98 Å². The van der Waals surface area contributed by atoms with Crippen LogP contribution in [-0.2, 0) is 13.6 Å². The lowest BCUT2D eigenvalue weighted by atomic mass is 10.2. The van der Waals surface area contributed by atoms with Crippen LogP contribution in [0.25, 0.3) is 11.0 Å². The summed E-state index contributed by atoms with van der Waals surface area (Å²) in [6.07, 6.45) is 0. The molecule has 0 fully saturated rings. The van der Waals surface area contributed by atoms with E-state index in [0.29, 0.717) is 18.1 Å². The summed E-state index contributed by atoms with van der Waals surface area (Å²) in [7, 11) is 1.99. The number of nitrogens with one attached hydrogen (secondary N) is 2. The molecule has 2 aromatic carbocycles. The Hall–Kier alpha value is -3.74. The number of imidazole rings is 1. The van der Waals surface area contributed by atoms with Crippen LogP contribution < -0.4 is 10.6 Å². The van der Waals surface area contributed by atoms with Gasteiger partial charge < -0.3 is 15.2 Å². The van der Waals surface area contributed by atoms with Gasteiger partial charge in [0.05, 0.1) is 17.6 Å². The Kier molecular flexibility index (Phi) is 4.72. The fourth-order valence-corrected chi connectivity index (χ4v) is 2.95. The van der Waals surface area contributed by atoms with Crippen LogP contribution in [0, 0.1) is 6.92 Å². The zero-order valence-electron chi connectivity index (χ0n) is 15.7. The highest BCUT2D eigenvalue weighted by molar-refractivity contribution is 6.02. The average molecular weight is 372 g/mol. The lowest BCUT2D eigenvalue weighted by Gasteiger charge is -2.07. The van der Waals surface area contributed by atoms with Crippen LogP contribution in [0.3, 0.4) is 0 Å². The molecular weight excluding hydrogens is 352 g/mol. The van der Waals surface area contributed by atoms with Crippen LogP contribution in [-0.4, -0.2) is 25.7 Å². The van der Waals surface area contributed by atoms with Crippen LogP contribution in [0.1, 0.15) is 21.9 Å². The number of rotatable bonds is 5. The second-order valence-corrected chi connectivity index (χ2v) is 6.56. The lowest BCUT2D eigenvalue weighted by molar-refractivity contribution is 0.102. The Morgan fingerprint density at radius 1 is 1.04 bits per heavy atom. The fourth-order valence-electron chi connectivity index (χ4n) is 2.95. The van der Waals surface area contributed by atoms with E-state index in [4.69, 9.17) is 0 Å². The minimum Gasteiger partial charge on any atom is -0.361 e. The first-order valence-corrected chi connectivity index (χ1v) is 8.96. The van der Waals surface area contributed by atoms with E-state index in [0.717, 1.165) is 16.9 Å². The minimum atomic E-state index is -0.295. The van der Waals surface area contributed by atoms with E-state index in [1.54, 1.807) is 12.1 Å². The van der Waals surface area contributed by atoms with Crippen molar-refractivity contribution in [1.82, 2.24) is 19.7 Å². The second kappa shape index (κ2) is 7.48. The molecule has 0 aliphatic carbocycles. The largest absolute Gasteiger partial charge is 0.361 e. The van der Waals surface area contributed by atoms with Gasteiger partial charge in [-0.05, 0) is 48.9 Å². The Morgan fingerprint density at radius 2 is 1.86 bits per heavy atom. The number of benzene rings is 2. The number of nitrogens with zero attached hydrogens (tertiary/aromatic N) is 4. The molecule has 7 heteroatoms. The van der Waals surface area contributed by atoms with E-state index in [1.165, 1.54) is 5.56 Å². The molecule has 2 N–H and O–H groups in total. The topological polar surface area (TPSA) is 84.7 Å². The standard InChI is InChI=1S/C21H20N6O/c1-14-8-10-18-17(12-14)24-20(27(18)2)13-22-19-11-9-16(25-26-19)21(28)23-15-6-4-3-5-7-15/h3-12H,13H2,1-2H3,(H,22,26)(H,23,28). The molecule has 0 saturated heterocycles. The van der Waals surface area contributed by atoms with Gasteiger partial charge >= 0.3 is 0 Å². The minimum absolute atomic E-state index is 0.257. The highest BCUT2D eigenvalue weighted by Gasteiger charge is 2.10. The molecule has 2 heterocycles. The van der Waals surface area contributed by atoms with Gasteiger partial charge in [0.2, 0.25) is 0 Å². The first-order valence-electron chi connectivity index (χ1n) is 8.96. The molecule has 28 heavy (non-hydrogen) atoms. The molecule has 0 spiro atoms. The maximum absolute atomic E-state index is 12.2. The van der Waals surface area contributed by atoms with Crippen LogP contribution in [0.5, 0.6) is 0 Å². The number of fused-ring (bicyclic) bond motifs is 1. The Balaban J connectivity index is 1.42. The number of anilines is 2. The predicted octanol–water partition coefficient (Wildman–Crippen LogP) is 3.54. The van der Waals surface area contributed by atoms with Gasteiger partial charge in [0, 0.05) is 12.7 Å². The van der Waals surface area contributed by atoms with E-state index >= 15 is 0 Å². The maximum atomic E-state index is 12.2. The van der Waals surface area contributed by atoms with Crippen molar-refractivity contribution in [3.63, 3.8) is 0 Å². The molecule has 1 amide bonds. The Bertz CT molecular complexity index is 1120. The van der Waals surface area contributed by atoms with Crippen LogP contribution in [0.4, 0.5) is 11.5 Å². The summed E-state index contributed by atoms with van der Waals surface area (Å²) < 4.78 is 2.05. The van der Waals surface area contributed by atoms with Gasteiger partial charge in [-0.15, -0.1) is 10.2 Å². The number of hydrogen-bond acceptors (Lipinski definition) is 5. The molecular formula is C21H20N6O. The lowest BCUT2D eigenvalue weighted by Crippen LogP contribution is -2.15. The molecule has 0 bridgehead atoms. The Labute approximate surface area is 162 Å². The molecule has 140 valence electrons. The SMILES string of the molecule is Cc1ccc2c(c1)nc(CNc1ccc(C(=O)Nc3ccccc3)nn1)n2C. The second-order valence-electron chi connectivity index (χ2n) is 6.56. The normalized spacial score (nSPS) is 10.8. The van der Waals surface area contributed by atoms with E-state index in [2.05, 4.69) is 55.5 Å². The number of aromatic nitrogens is 4. The zero-order valence-corrected chi connectivity index (χ0v) is 15.7. The summed E-state index contributed by atoms with van der Waals surface area (Å²) in [5.74, 6) is 1.18. The van der Waals surface area contributed by atoms with Crippen molar-refractivity contribution in [3.8, 4) is 0 Å². The molecule has 0 aliphatic heterocycles. The third kappa shape index (κ3) is 3.68. The third-order valence-corrected chi connectivity index (χ3v) is 4.49. The first kappa shape index (κ1) is 17.7. The Morgan fingerprint density at radius 3 is 2.61 bits per heavy atom. The molecule has 0 aliphatic rings. The summed E-state index contributed by atoms with van der Waals surface area (Å²) in [4.78, 5) is 16.9. The van der Waals surface area contributed by atoms with Crippen molar-refractivity contribution >= 4 is 28.4 Å². The number of carbonyl (C=O) groups excluding carboxylic acids is 1. The summed E-state index contributed by atoms with van der Waals surface area (Å²) in [6.45, 7) is 2.56. The zero-order chi connectivity index (χ0) is 19.5. The van der Waals surface area contributed by atoms with E-state index in [1.807, 2.05) is 37.4 Å². The molecule has 0 unspecified atom stereocenters. The van der Waals surface area contributed by atoms with Gasteiger partial charge in [0.25, 0.3) is 5.91 Å². The molecule has 7 nitrogen and oxygen atoms in total. The molecule has 0 atom stereocenters. The quantitative estimate of drug-likeness (QED) is 0.560. The summed E-state index contributed by atoms with van der Waals surface area (Å²) in [5.41, 5.74) is 4.21. The summed E-state index contributed by atoms with van der Waals surface area (Å²) in [5, 5.41) is 14.1. The van der Waals surface area contributed by atoms with Crippen molar-refractivity contribution in [2.45, 2.75) is 13.5 Å². The van der Waals surface area contributed by atoms with Crippen molar-refractivity contribution < 1.29 is 4.79 Å². The maximum Gasteiger partial charge on any atom is 0.276 e. The van der Waals surface area contributed by atoms with E-state index in [9.17, 15) is 4.79 Å². The van der Waals surface area contributed by atoms with Gasteiger partial charge in [0.15, 0.2) is 5.69 Å². The number of para-hydroxylation sites is 1. The van der Waals surface area contributed by atoms with Crippen molar-refractivity contribution in [1.29, 1.82) is 0 Å². The van der Waals surface area contributed by atoms with E-state index < -0.39 is 0 Å². The van der Waals surface area contributed by atoms with Crippen LogP contribution >= 0.6 is 0 Å². The predicted molar refractivity (Wildman–Crippen MR) is 109 cm³/mol. The highest BCUT2D eigenvalue weighted by atomic mass is 16.1. The van der Waals surface area contributed by atoms with Crippen LogP contribution in [0.15, 0.2) is 60.7 Å². The number of hydrogen-bond donors (Lipinski definition) is 2. The monoisotopic (exact) mass is 372 g/mol. The molecule has 2 aromatic heterocycles. The van der Waals surface area contributed by atoms with Gasteiger partial charge in [-0.3, -0.25) is 4.79 Å².